The highest BCUT2D eigenvalue weighted by Crippen LogP contribution is 2.20. The maximum absolute atomic E-state index is 12.2. The number of sulfonamides is 1. The number of aromatic nitrogens is 1. The van der Waals surface area contributed by atoms with Crippen LogP contribution in [0, 0.1) is 5.92 Å². The lowest BCUT2D eigenvalue weighted by atomic mass is 10.1. The molecule has 1 amide bonds. The third-order valence-electron chi connectivity index (χ3n) is 3.59. The van der Waals surface area contributed by atoms with Gasteiger partial charge in [0.1, 0.15) is 17.5 Å². The van der Waals surface area contributed by atoms with Crippen molar-refractivity contribution in [2.75, 3.05) is 12.8 Å². The van der Waals surface area contributed by atoms with Crippen molar-refractivity contribution in [3.63, 3.8) is 0 Å². The van der Waals surface area contributed by atoms with Gasteiger partial charge in [0.15, 0.2) is 0 Å². The quantitative estimate of drug-likeness (QED) is 0.837. The molecule has 1 fully saturated rings. The summed E-state index contributed by atoms with van der Waals surface area (Å²) in [7, 11) is -3.35. The lowest BCUT2D eigenvalue weighted by molar-refractivity contribution is -0.124. The van der Waals surface area contributed by atoms with Crippen LogP contribution in [-0.4, -0.2) is 42.6 Å². The van der Waals surface area contributed by atoms with Gasteiger partial charge in [0, 0.05) is 19.0 Å². The minimum Gasteiger partial charge on any atom is -0.361 e. The molecule has 0 saturated carbocycles. The molecule has 2 heterocycles. The molecule has 1 aliphatic rings. The zero-order valence-corrected chi connectivity index (χ0v) is 14.0. The van der Waals surface area contributed by atoms with Crippen molar-refractivity contribution in [1.82, 2.24) is 14.8 Å². The third kappa shape index (κ3) is 4.30. The Labute approximate surface area is 131 Å². The number of amides is 1. The fourth-order valence-electron chi connectivity index (χ4n) is 2.63. The first-order chi connectivity index (χ1) is 10.3. The smallest absolute Gasteiger partial charge is 0.238 e. The Balaban J connectivity index is 1.91. The largest absolute Gasteiger partial charge is 0.361 e. The average Bonchev–Trinajstić information content (AvgIpc) is 3.02. The maximum atomic E-state index is 12.2. The number of nitrogens with zero attached hydrogens (tertiary/aromatic N) is 2. The summed E-state index contributed by atoms with van der Waals surface area (Å²) in [5.41, 5.74) is 0.646. The van der Waals surface area contributed by atoms with Gasteiger partial charge in [0.2, 0.25) is 15.9 Å². The molecule has 0 aromatic carbocycles. The second-order valence-corrected chi connectivity index (χ2v) is 8.07. The summed E-state index contributed by atoms with van der Waals surface area (Å²) < 4.78 is 29.8. The van der Waals surface area contributed by atoms with Crippen molar-refractivity contribution < 1.29 is 17.7 Å². The van der Waals surface area contributed by atoms with Gasteiger partial charge < -0.3 is 9.84 Å². The van der Waals surface area contributed by atoms with E-state index in [4.69, 9.17) is 4.52 Å². The monoisotopic (exact) mass is 329 g/mol. The van der Waals surface area contributed by atoms with E-state index in [0.29, 0.717) is 31.0 Å². The molecule has 7 nitrogen and oxygen atoms in total. The van der Waals surface area contributed by atoms with E-state index in [2.05, 4.69) is 24.3 Å². The van der Waals surface area contributed by atoms with Gasteiger partial charge in [-0.05, 0) is 18.8 Å². The SMILES string of the molecule is CC(C)Cc1cc(CNC(=O)C2CCCN2S(C)(=O)=O)no1. The zero-order chi connectivity index (χ0) is 16.3. The first-order valence-corrected chi connectivity index (χ1v) is 9.31. The van der Waals surface area contributed by atoms with Crippen molar-refractivity contribution in [3.8, 4) is 0 Å². The van der Waals surface area contributed by atoms with Gasteiger partial charge in [0.25, 0.3) is 0 Å². The Morgan fingerprint density at radius 1 is 1.55 bits per heavy atom. The van der Waals surface area contributed by atoms with Crippen molar-refractivity contribution in [1.29, 1.82) is 0 Å². The first kappa shape index (κ1) is 17.0. The highest BCUT2D eigenvalue weighted by atomic mass is 32.2. The van der Waals surface area contributed by atoms with E-state index in [0.717, 1.165) is 18.4 Å². The maximum Gasteiger partial charge on any atom is 0.238 e. The van der Waals surface area contributed by atoms with Crippen molar-refractivity contribution >= 4 is 15.9 Å². The van der Waals surface area contributed by atoms with Crippen LogP contribution >= 0.6 is 0 Å². The molecule has 0 bridgehead atoms. The van der Waals surface area contributed by atoms with Crippen molar-refractivity contribution in [2.24, 2.45) is 5.92 Å². The van der Waals surface area contributed by atoms with E-state index in [9.17, 15) is 13.2 Å². The fraction of sp³-hybridized carbons (Fsp3) is 0.714. The molecule has 124 valence electrons. The molecule has 0 aliphatic carbocycles. The van der Waals surface area contributed by atoms with Gasteiger partial charge in [-0.15, -0.1) is 0 Å². The van der Waals surface area contributed by atoms with E-state index >= 15 is 0 Å². The molecule has 1 unspecified atom stereocenters. The summed E-state index contributed by atoms with van der Waals surface area (Å²) in [5.74, 6) is 0.978. The number of hydrogen-bond acceptors (Lipinski definition) is 5. The van der Waals surface area contributed by atoms with Gasteiger partial charge in [-0.3, -0.25) is 4.79 Å². The summed E-state index contributed by atoms with van der Waals surface area (Å²) in [6, 6.07) is 1.21. The lowest BCUT2D eigenvalue weighted by Gasteiger charge is -2.20. The van der Waals surface area contributed by atoms with Gasteiger partial charge in [-0.2, -0.15) is 4.31 Å². The van der Waals surface area contributed by atoms with Crippen molar-refractivity contribution in [3.05, 3.63) is 17.5 Å². The zero-order valence-electron chi connectivity index (χ0n) is 13.2. The molecular weight excluding hydrogens is 306 g/mol. The fourth-order valence-corrected chi connectivity index (χ4v) is 3.76. The summed E-state index contributed by atoms with van der Waals surface area (Å²) in [5, 5.41) is 6.66. The van der Waals surface area contributed by atoms with Crippen LogP contribution in [0.1, 0.15) is 38.1 Å². The predicted molar refractivity (Wildman–Crippen MR) is 81.5 cm³/mol. The normalized spacial score (nSPS) is 19.7. The van der Waals surface area contributed by atoms with Gasteiger partial charge in [0.05, 0.1) is 12.8 Å². The Bertz CT molecular complexity index is 624. The minimum atomic E-state index is -3.35. The highest BCUT2D eigenvalue weighted by Gasteiger charge is 2.36. The molecule has 1 aromatic heterocycles. The van der Waals surface area contributed by atoms with E-state index in [1.165, 1.54) is 4.31 Å². The summed E-state index contributed by atoms with van der Waals surface area (Å²) in [4.78, 5) is 12.2. The third-order valence-corrected chi connectivity index (χ3v) is 4.88. The first-order valence-electron chi connectivity index (χ1n) is 7.46. The second-order valence-electron chi connectivity index (χ2n) is 6.13. The van der Waals surface area contributed by atoms with E-state index in [1.54, 1.807) is 0 Å². The van der Waals surface area contributed by atoms with Crippen LogP contribution in [0.25, 0.3) is 0 Å². The number of carbonyl (C=O) groups excluding carboxylic acids is 1. The van der Waals surface area contributed by atoms with E-state index < -0.39 is 16.1 Å². The minimum absolute atomic E-state index is 0.245. The summed E-state index contributed by atoms with van der Waals surface area (Å²) in [6.07, 6.45) is 3.18. The van der Waals surface area contributed by atoms with Gasteiger partial charge in [-0.1, -0.05) is 19.0 Å². The van der Waals surface area contributed by atoms with Crippen LogP contribution < -0.4 is 5.32 Å². The number of rotatable bonds is 6. The van der Waals surface area contributed by atoms with Gasteiger partial charge in [-0.25, -0.2) is 8.42 Å². The van der Waals surface area contributed by atoms with Crippen LogP contribution in [0.3, 0.4) is 0 Å². The Morgan fingerprint density at radius 2 is 2.27 bits per heavy atom. The molecule has 0 spiro atoms. The molecular formula is C14H23N3O4S. The molecule has 1 atom stereocenters. The molecule has 1 N–H and O–H groups in total. The van der Waals surface area contributed by atoms with Crippen LogP contribution in [0.4, 0.5) is 0 Å². The molecule has 22 heavy (non-hydrogen) atoms. The van der Waals surface area contributed by atoms with Crippen LogP contribution in [-0.2, 0) is 27.8 Å². The molecule has 8 heteroatoms. The molecule has 0 radical (unpaired) electrons. The predicted octanol–water partition coefficient (Wildman–Crippen LogP) is 0.913. The summed E-state index contributed by atoms with van der Waals surface area (Å²) in [6.45, 7) is 4.82. The van der Waals surface area contributed by atoms with Crippen molar-refractivity contribution in [2.45, 2.75) is 45.7 Å². The van der Waals surface area contributed by atoms with E-state index in [-0.39, 0.29) is 12.5 Å². The Kier molecular flexibility index (Phi) is 5.23. The second kappa shape index (κ2) is 6.78. The number of carbonyl (C=O) groups is 1. The molecule has 1 aromatic rings. The standard InChI is InChI=1S/C14H23N3O4S/c1-10(2)7-12-8-11(16-21-12)9-15-14(18)13-5-4-6-17(13)22(3,19)20/h8,10,13H,4-7,9H2,1-3H3,(H,15,18). The van der Waals surface area contributed by atoms with Crippen LogP contribution in [0.15, 0.2) is 10.6 Å². The average molecular weight is 329 g/mol. The Hall–Kier alpha value is -1.41. The summed E-state index contributed by atoms with van der Waals surface area (Å²) >= 11 is 0. The van der Waals surface area contributed by atoms with Crippen LogP contribution in [0.5, 0.6) is 0 Å². The topological polar surface area (TPSA) is 92.5 Å². The van der Waals surface area contributed by atoms with Gasteiger partial charge >= 0.3 is 0 Å². The van der Waals surface area contributed by atoms with Crippen LogP contribution in [0.2, 0.25) is 0 Å². The number of hydrogen-bond donors (Lipinski definition) is 1. The number of nitrogens with one attached hydrogen (secondary N) is 1. The molecule has 1 saturated heterocycles. The van der Waals surface area contributed by atoms with E-state index in [1.807, 2.05) is 6.07 Å². The highest BCUT2D eigenvalue weighted by molar-refractivity contribution is 7.88. The lowest BCUT2D eigenvalue weighted by Crippen LogP contribution is -2.45. The Morgan fingerprint density at radius 3 is 2.91 bits per heavy atom. The molecule has 1 aliphatic heterocycles. The molecule has 2 rings (SSSR count).